The Morgan fingerprint density at radius 1 is 1.23 bits per heavy atom. The molecule has 0 aliphatic heterocycles. The van der Waals surface area contributed by atoms with Crippen LogP contribution in [0.3, 0.4) is 0 Å². The highest BCUT2D eigenvalue weighted by atomic mass is 35.5. The Bertz CT molecular complexity index is 769. The highest BCUT2D eigenvalue weighted by molar-refractivity contribution is 6.35. The largest absolute Gasteiger partial charge is 0.356 e. The number of amides is 1. The Morgan fingerprint density at radius 3 is 2.62 bits per heavy atom. The van der Waals surface area contributed by atoms with Crippen LogP contribution in [0.15, 0.2) is 18.2 Å². The first kappa shape index (κ1) is 20.8. The van der Waals surface area contributed by atoms with Gasteiger partial charge in [0.15, 0.2) is 0 Å². The Balaban J connectivity index is 1.82. The number of hydrogen-bond donors (Lipinski definition) is 1. The summed E-state index contributed by atoms with van der Waals surface area (Å²) in [6, 6.07) is 5.43. The number of aryl methyl sites for hydroxylation is 1. The van der Waals surface area contributed by atoms with Gasteiger partial charge in [0.2, 0.25) is 5.91 Å². The van der Waals surface area contributed by atoms with E-state index in [0.29, 0.717) is 41.8 Å². The molecule has 6 heteroatoms. The van der Waals surface area contributed by atoms with Crippen molar-refractivity contribution in [3.8, 4) is 0 Å². The quantitative estimate of drug-likeness (QED) is 0.700. The second-order valence-corrected chi connectivity index (χ2v) is 7.90. The zero-order valence-electron chi connectivity index (χ0n) is 15.9. The van der Waals surface area contributed by atoms with Crippen molar-refractivity contribution in [2.75, 3.05) is 6.54 Å². The van der Waals surface area contributed by atoms with Crippen LogP contribution in [-0.2, 0) is 24.2 Å². The molecule has 0 radical (unpaired) electrons. The van der Waals surface area contributed by atoms with Crippen molar-refractivity contribution in [2.45, 2.75) is 53.5 Å². The average molecular weight is 396 g/mol. The van der Waals surface area contributed by atoms with Crippen molar-refractivity contribution in [3.05, 3.63) is 50.8 Å². The number of hydrogen-bond acceptors (Lipinski definition) is 2. The molecule has 1 aromatic carbocycles. The zero-order valence-corrected chi connectivity index (χ0v) is 17.4. The van der Waals surface area contributed by atoms with Gasteiger partial charge in [-0.15, -0.1) is 0 Å². The normalized spacial score (nSPS) is 11.2. The maximum absolute atomic E-state index is 12.2. The lowest BCUT2D eigenvalue weighted by molar-refractivity contribution is -0.121. The summed E-state index contributed by atoms with van der Waals surface area (Å²) in [6.07, 6.45) is 1.86. The van der Waals surface area contributed by atoms with Crippen LogP contribution in [0.5, 0.6) is 0 Å². The summed E-state index contributed by atoms with van der Waals surface area (Å²) in [7, 11) is 0. The smallest absolute Gasteiger partial charge is 0.220 e. The van der Waals surface area contributed by atoms with Crippen LogP contribution in [0.25, 0.3) is 0 Å². The van der Waals surface area contributed by atoms with Crippen LogP contribution in [0.1, 0.15) is 42.8 Å². The van der Waals surface area contributed by atoms with E-state index in [0.717, 1.165) is 23.5 Å². The topological polar surface area (TPSA) is 46.9 Å². The maximum Gasteiger partial charge on any atom is 0.220 e. The number of nitrogens with one attached hydrogen (secondary N) is 1. The molecular weight excluding hydrogens is 369 g/mol. The molecule has 0 spiro atoms. The van der Waals surface area contributed by atoms with Crippen LogP contribution < -0.4 is 5.32 Å². The van der Waals surface area contributed by atoms with Gasteiger partial charge >= 0.3 is 0 Å². The summed E-state index contributed by atoms with van der Waals surface area (Å²) in [5.74, 6) is 0.592. The van der Waals surface area contributed by atoms with E-state index in [1.165, 1.54) is 5.56 Å². The van der Waals surface area contributed by atoms with Crippen molar-refractivity contribution in [1.82, 2.24) is 15.1 Å². The minimum atomic E-state index is 0.0468. The summed E-state index contributed by atoms with van der Waals surface area (Å²) < 4.78 is 2.05. The molecule has 0 atom stereocenters. The molecule has 1 aromatic heterocycles. The molecule has 26 heavy (non-hydrogen) atoms. The Labute approximate surface area is 165 Å². The monoisotopic (exact) mass is 395 g/mol. The SMILES string of the molecule is Cc1nn(CC(C)C)c(C)c1CCC(=O)NCCc1ccc(Cl)cc1Cl. The van der Waals surface area contributed by atoms with Crippen LogP contribution in [-0.4, -0.2) is 22.2 Å². The lowest BCUT2D eigenvalue weighted by Crippen LogP contribution is -2.26. The van der Waals surface area contributed by atoms with E-state index in [-0.39, 0.29) is 5.91 Å². The minimum Gasteiger partial charge on any atom is -0.356 e. The fraction of sp³-hybridized carbons (Fsp3) is 0.500. The summed E-state index contributed by atoms with van der Waals surface area (Å²) in [4.78, 5) is 12.2. The number of carbonyl (C=O) groups excluding carboxylic acids is 1. The Kier molecular flexibility index (Phi) is 7.54. The Hall–Kier alpha value is -1.52. The number of halogens is 2. The van der Waals surface area contributed by atoms with E-state index in [1.54, 1.807) is 6.07 Å². The molecule has 0 saturated carbocycles. The van der Waals surface area contributed by atoms with Crippen LogP contribution in [0, 0.1) is 19.8 Å². The second kappa shape index (κ2) is 9.43. The molecule has 1 heterocycles. The highest BCUT2D eigenvalue weighted by Crippen LogP contribution is 2.21. The Morgan fingerprint density at radius 2 is 1.96 bits per heavy atom. The standard InChI is InChI=1S/C20H27Cl2N3O/c1-13(2)12-25-15(4)18(14(3)24-25)7-8-20(26)23-10-9-16-5-6-17(21)11-19(16)22/h5-6,11,13H,7-10,12H2,1-4H3,(H,23,26). The number of rotatable bonds is 8. The third-order valence-corrected chi connectivity index (χ3v) is 4.99. The molecule has 2 aromatic rings. The fourth-order valence-electron chi connectivity index (χ4n) is 3.01. The molecule has 142 valence electrons. The minimum absolute atomic E-state index is 0.0468. The predicted molar refractivity (Wildman–Crippen MR) is 108 cm³/mol. The van der Waals surface area contributed by atoms with E-state index >= 15 is 0 Å². The first-order valence-electron chi connectivity index (χ1n) is 9.01. The lowest BCUT2D eigenvalue weighted by Gasteiger charge is -2.09. The number of benzene rings is 1. The van der Waals surface area contributed by atoms with Gasteiger partial charge in [0.05, 0.1) is 5.69 Å². The molecule has 0 saturated heterocycles. The van der Waals surface area contributed by atoms with E-state index in [9.17, 15) is 4.79 Å². The fourth-order valence-corrected chi connectivity index (χ4v) is 3.51. The number of nitrogens with zero attached hydrogens (tertiary/aromatic N) is 2. The molecule has 0 bridgehead atoms. The van der Waals surface area contributed by atoms with Gasteiger partial charge in [-0.3, -0.25) is 9.48 Å². The van der Waals surface area contributed by atoms with Gasteiger partial charge < -0.3 is 5.32 Å². The van der Waals surface area contributed by atoms with E-state index < -0.39 is 0 Å². The lowest BCUT2D eigenvalue weighted by atomic mass is 10.1. The summed E-state index contributed by atoms with van der Waals surface area (Å²) >= 11 is 12.0. The average Bonchev–Trinajstić information content (AvgIpc) is 2.81. The van der Waals surface area contributed by atoms with Crippen molar-refractivity contribution in [1.29, 1.82) is 0 Å². The molecular formula is C20H27Cl2N3O. The summed E-state index contributed by atoms with van der Waals surface area (Å²) in [6.45, 7) is 9.91. The second-order valence-electron chi connectivity index (χ2n) is 7.06. The van der Waals surface area contributed by atoms with Crippen molar-refractivity contribution in [3.63, 3.8) is 0 Å². The maximum atomic E-state index is 12.2. The van der Waals surface area contributed by atoms with Gasteiger partial charge in [0, 0.05) is 35.2 Å². The van der Waals surface area contributed by atoms with Crippen LogP contribution in [0.2, 0.25) is 10.0 Å². The third-order valence-electron chi connectivity index (χ3n) is 4.40. The molecule has 0 aliphatic carbocycles. The van der Waals surface area contributed by atoms with Gasteiger partial charge in [0.1, 0.15) is 0 Å². The molecule has 1 N–H and O–H groups in total. The van der Waals surface area contributed by atoms with Gasteiger partial charge in [-0.05, 0) is 55.9 Å². The predicted octanol–water partition coefficient (Wildman–Crippen LogP) is 4.75. The van der Waals surface area contributed by atoms with Gasteiger partial charge in [-0.2, -0.15) is 5.10 Å². The summed E-state index contributed by atoms with van der Waals surface area (Å²) in [5.41, 5.74) is 4.35. The first-order valence-corrected chi connectivity index (χ1v) is 9.77. The van der Waals surface area contributed by atoms with Crippen molar-refractivity contribution in [2.24, 2.45) is 5.92 Å². The molecule has 0 aliphatic rings. The first-order chi connectivity index (χ1) is 12.3. The summed E-state index contributed by atoms with van der Waals surface area (Å²) in [5, 5.41) is 8.82. The van der Waals surface area contributed by atoms with Gasteiger partial charge in [-0.25, -0.2) is 0 Å². The molecule has 0 fully saturated rings. The van der Waals surface area contributed by atoms with E-state index in [2.05, 4.69) is 35.9 Å². The number of carbonyl (C=O) groups is 1. The third kappa shape index (κ3) is 5.75. The molecule has 2 rings (SSSR count). The zero-order chi connectivity index (χ0) is 19.3. The highest BCUT2D eigenvalue weighted by Gasteiger charge is 2.13. The van der Waals surface area contributed by atoms with Gasteiger partial charge in [0.25, 0.3) is 0 Å². The van der Waals surface area contributed by atoms with Crippen LogP contribution in [0.4, 0.5) is 0 Å². The van der Waals surface area contributed by atoms with E-state index in [4.69, 9.17) is 23.2 Å². The molecule has 1 amide bonds. The van der Waals surface area contributed by atoms with Crippen molar-refractivity contribution < 1.29 is 4.79 Å². The van der Waals surface area contributed by atoms with Gasteiger partial charge in [-0.1, -0.05) is 43.1 Å². The molecule has 4 nitrogen and oxygen atoms in total. The number of aromatic nitrogens is 2. The van der Waals surface area contributed by atoms with Crippen LogP contribution >= 0.6 is 23.2 Å². The van der Waals surface area contributed by atoms with E-state index in [1.807, 2.05) is 19.1 Å². The molecule has 0 unspecified atom stereocenters. The van der Waals surface area contributed by atoms with Crippen molar-refractivity contribution >= 4 is 29.1 Å².